The molecule has 0 bridgehead atoms. The second-order valence-electron chi connectivity index (χ2n) is 7.16. The molecule has 1 fully saturated rings. The van der Waals surface area contributed by atoms with Gasteiger partial charge in [0.25, 0.3) is 5.91 Å². The lowest BCUT2D eigenvalue weighted by molar-refractivity contribution is -0.128. The number of nitrogens with zero attached hydrogens (tertiary/aromatic N) is 1. The average Bonchev–Trinajstić information content (AvgIpc) is 3.36. The van der Waals surface area contributed by atoms with Crippen molar-refractivity contribution in [2.24, 2.45) is 0 Å². The molecular weight excluding hydrogens is 384 g/mol. The Balaban J connectivity index is 1.49. The van der Waals surface area contributed by atoms with Crippen LogP contribution >= 0.6 is 11.8 Å². The number of thioether (sulfide) groups is 1. The maximum atomic E-state index is 12.6. The van der Waals surface area contributed by atoms with Crippen LogP contribution in [0.25, 0.3) is 0 Å². The molecule has 0 spiro atoms. The third-order valence-corrected chi connectivity index (χ3v) is 6.23. The van der Waals surface area contributed by atoms with Crippen molar-refractivity contribution < 1.29 is 14.0 Å². The summed E-state index contributed by atoms with van der Waals surface area (Å²) in [5.41, 5.74) is 4.52. The van der Waals surface area contributed by atoms with Crippen molar-refractivity contribution in [1.29, 1.82) is 0 Å². The topological polar surface area (TPSA) is 62.6 Å². The van der Waals surface area contributed by atoms with E-state index < -0.39 is 0 Å². The Morgan fingerprint density at radius 3 is 2.69 bits per heavy atom. The summed E-state index contributed by atoms with van der Waals surface area (Å²) in [4.78, 5) is 26.8. The fraction of sp³-hybridized carbons (Fsp3) is 0.217. The van der Waals surface area contributed by atoms with Gasteiger partial charge in [-0.1, -0.05) is 24.3 Å². The van der Waals surface area contributed by atoms with Crippen LogP contribution in [0.2, 0.25) is 0 Å². The molecule has 29 heavy (non-hydrogen) atoms. The fourth-order valence-electron chi connectivity index (χ4n) is 3.34. The van der Waals surface area contributed by atoms with Crippen LogP contribution < -0.4 is 5.32 Å². The van der Waals surface area contributed by atoms with E-state index in [0.717, 1.165) is 28.1 Å². The predicted molar refractivity (Wildman–Crippen MR) is 115 cm³/mol. The number of nitrogens with one attached hydrogen (secondary N) is 1. The number of benzene rings is 2. The number of carbonyl (C=O) groups excluding carboxylic acids is 2. The van der Waals surface area contributed by atoms with Gasteiger partial charge in [-0.25, -0.2) is 0 Å². The molecule has 2 aromatic carbocycles. The summed E-state index contributed by atoms with van der Waals surface area (Å²) >= 11 is 1.59. The standard InChI is InChI=1S/C23H22N2O3S/c1-15-5-6-16(2)20(12-15)24-22(27)17-7-9-18(10-8-17)23-25(21(26)14-29-23)13-19-4-3-11-28-19/h3-12,23H,13-14H2,1-2H3,(H,24,27)/t23-/m0/s1. The molecule has 0 unspecified atom stereocenters. The number of aryl methyl sites for hydroxylation is 2. The van der Waals surface area contributed by atoms with Crippen molar-refractivity contribution in [1.82, 2.24) is 4.90 Å². The molecule has 2 heterocycles. The van der Waals surface area contributed by atoms with Gasteiger partial charge in [0.2, 0.25) is 5.91 Å². The highest BCUT2D eigenvalue weighted by atomic mass is 32.2. The van der Waals surface area contributed by atoms with E-state index in [2.05, 4.69) is 5.32 Å². The number of rotatable bonds is 5. The normalized spacial score (nSPS) is 16.3. The predicted octanol–water partition coefficient (Wildman–Crippen LogP) is 4.92. The Morgan fingerprint density at radius 2 is 1.97 bits per heavy atom. The summed E-state index contributed by atoms with van der Waals surface area (Å²) in [7, 11) is 0. The van der Waals surface area contributed by atoms with Crippen LogP contribution in [0.15, 0.2) is 65.3 Å². The van der Waals surface area contributed by atoms with E-state index in [1.807, 2.05) is 73.3 Å². The van der Waals surface area contributed by atoms with Crippen molar-refractivity contribution in [3.05, 3.63) is 88.9 Å². The molecule has 0 saturated carbocycles. The van der Waals surface area contributed by atoms with Gasteiger partial charge in [-0.15, -0.1) is 11.8 Å². The van der Waals surface area contributed by atoms with E-state index in [9.17, 15) is 9.59 Å². The van der Waals surface area contributed by atoms with E-state index >= 15 is 0 Å². The lowest BCUT2D eigenvalue weighted by Crippen LogP contribution is -2.27. The minimum atomic E-state index is -0.146. The molecule has 0 aliphatic carbocycles. The van der Waals surface area contributed by atoms with Crippen molar-refractivity contribution in [3.63, 3.8) is 0 Å². The number of hydrogen-bond donors (Lipinski definition) is 1. The Kier molecular flexibility index (Phi) is 5.45. The highest BCUT2D eigenvalue weighted by Gasteiger charge is 2.33. The first kappa shape index (κ1) is 19.3. The largest absolute Gasteiger partial charge is 0.467 e. The highest BCUT2D eigenvalue weighted by Crippen LogP contribution is 2.39. The number of furan rings is 1. The van der Waals surface area contributed by atoms with Crippen molar-refractivity contribution in [2.75, 3.05) is 11.1 Å². The van der Waals surface area contributed by atoms with Gasteiger partial charge in [0, 0.05) is 11.3 Å². The van der Waals surface area contributed by atoms with Crippen LogP contribution in [0.5, 0.6) is 0 Å². The minimum Gasteiger partial charge on any atom is -0.467 e. The third-order valence-electron chi connectivity index (χ3n) is 4.97. The molecule has 1 saturated heterocycles. The summed E-state index contributed by atoms with van der Waals surface area (Å²) in [6.07, 6.45) is 1.61. The number of amides is 2. The van der Waals surface area contributed by atoms with Gasteiger partial charge in [-0.2, -0.15) is 0 Å². The quantitative estimate of drug-likeness (QED) is 0.653. The average molecular weight is 407 g/mol. The summed E-state index contributed by atoms with van der Waals surface area (Å²) in [6.45, 7) is 4.41. The monoisotopic (exact) mass is 406 g/mol. The van der Waals surface area contributed by atoms with Crippen molar-refractivity contribution >= 4 is 29.3 Å². The zero-order chi connectivity index (χ0) is 20.4. The molecule has 1 aliphatic rings. The van der Waals surface area contributed by atoms with E-state index in [1.54, 1.807) is 18.0 Å². The van der Waals surface area contributed by atoms with E-state index in [4.69, 9.17) is 4.42 Å². The summed E-state index contributed by atoms with van der Waals surface area (Å²) in [5.74, 6) is 1.15. The molecule has 4 rings (SSSR count). The molecule has 3 aromatic rings. The minimum absolute atomic E-state index is 0.0799. The first-order valence-electron chi connectivity index (χ1n) is 9.43. The number of anilines is 1. The van der Waals surface area contributed by atoms with Crippen LogP contribution in [0.1, 0.15) is 38.2 Å². The third kappa shape index (κ3) is 4.22. The van der Waals surface area contributed by atoms with Gasteiger partial charge >= 0.3 is 0 Å². The molecule has 0 radical (unpaired) electrons. The van der Waals surface area contributed by atoms with Crippen LogP contribution in [0.4, 0.5) is 5.69 Å². The Morgan fingerprint density at radius 1 is 1.17 bits per heavy atom. The molecular formula is C23H22N2O3S. The number of carbonyl (C=O) groups is 2. The fourth-order valence-corrected chi connectivity index (χ4v) is 4.52. The molecule has 6 heteroatoms. The Hall–Kier alpha value is -2.99. The second-order valence-corrected chi connectivity index (χ2v) is 8.23. The molecule has 2 amide bonds. The van der Waals surface area contributed by atoms with E-state index in [1.165, 1.54) is 0 Å². The van der Waals surface area contributed by atoms with Crippen LogP contribution in [-0.2, 0) is 11.3 Å². The number of hydrogen-bond acceptors (Lipinski definition) is 4. The zero-order valence-electron chi connectivity index (χ0n) is 16.3. The summed E-state index contributed by atoms with van der Waals surface area (Å²) in [6, 6.07) is 17.1. The van der Waals surface area contributed by atoms with Gasteiger partial charge in [-0.3, -0.25) is 9.59 Å². The van der Waals surface area contributed by atoms with Crippen molar-refractivity contribution in [3.8, 4) is 0 Å². The van der Waals surface area contributed by atoms with Crippen LogP contribution in [0, 0.1) is 13.8 Å². The summed E-state index contributed by atoms with van der Waals surface area (Å²) < 4.78 is 5.40. The molecule has 5 nitrogen and oxygen atoms in total. The highest BCUT2D eigenvalue weighted by molar-refractivity contribution is 8.00. The molecule has 148 valence electrons. The second kappa shape index (κ2) is 8.17. The summed E-state index contributed by atoms with van der Waals surface area (Å²) in [5, 5.41) is 2.90. The van der Waals surface area contributed by atoms with Gasteiger partial charge in [0.15, 0.2) is 0 Å². The zero-order valence-corrected chi connectivity index (χ0v) is 17.2. The van der Waals surface area contributed by atoms with Crippen LogP contribution in [0.3, 0.4) is 0 Å². The van der Waals surface area contributed by atoms with E-state index in [0.29, 0.717) is 17.9 Å². The maximum Gasteiger partial charge on any atom is 0.255 e. The SMILES string of the molecule is Cc1ccc(C)c(NC(=O)c2ccc([C@@H]3SCC(=O)N3Cc3ccco3)cc2)c1. The molecule has 1 aromatic heterocycles. The molecule has 1 N–H and O–H groups in total. The molecule has 1 aliphatic heterocycles. The Bertz CT molecular complexity index is 1030. The van der Waals surface area contributed by atoms with Gasteiger partial charge in [0.1, 0.15) is 11.1 Å². The smallest absolute Gasteiger partial charge is 0.255 e. The first-order chi connectivity index (χ1) is 14.0. The lowest BCUT2D eigenvalue weighted by Gasteiger charge is -2.23. The molecule has 1 atom stereocenters. The van der Waals surface area contributed by atoms with Gasteiger partial charge in [0.05, 0.1) is 18.6 Å². The maximum absolute atomic E-state index is 12.6. The Labute approximate surface area is 174 Å². The van der Waals surface area contributed by atoms with Crippen LogP contribution in [-0.4, -0.2) is 22.5 Å². The van der Waals surface area contributed by atoms with Crippen molar-refractivity contribution in [2.45, 2.75) is 25.8 Å². The van der Waals surface area contributed by atoms with Gasteiger partial charge < -0.3 is 14.6 Å². The first-order valence-corrected chi connectivity index (χ1v) is 10.5. The van der Waals surface area contributed by atoms with E-state index in [-0.39, 0.29) is 17.2 Å². The van der Waals surface area contributed by atoms with Gasteiger partial charge in [-0.05, 0) is 60.9 Å². The lowest BCUT2D eigenvalue weighted by atomic mass is 10.1.